The first kappa shape index (κ1) is 21.0. The van der Waals surface area contributed by atoms with Crippen molar-refractivity contribution in [1.29, 1.82) is 0 Å². The summed E-state index contributed by atoms with van der Waals surface area (Å²) in [6.07, 6.45) is 4.22. The maximum absolute atomic E-state index is 12.7. The monoisotopic (exact) mass is 451 g/mol. The fourth-order valence-electron chi connectivity index (χ4n) is 3.10. The second-order valence-electron chi connectivity index (χ2n) is 6.71. The van der Waals surface area contributed by atoms with Crippen LogP contribution in [-0.2, 0) is 10.0 Å². The van der Waals surface area contributed by atoms with Crippen LogP contribution in [0.25, 0.3) is 22.0 Å². The van der Waals surface area contributed by atoms with Crippen molar-refractivity contribution >= 4 is 38.4 Å². The third-order valence-corrected chi connectivity index (χ3v) is 5.99. The van der Waals surface area contributed by atoms with E-state index >= 15 is 0 Å². The van der Waals surface area contributed by atoms with Crippen LogP contribution in [-0.4, -0.2) is 41.6 Å². The van der Waals surface area contributed by atoms with Gasteiger partial charge in [0.15, 0.2) is 0 Å². The topological polar surface area (TPSA) is 157 Å². The van der Waals surface area contributed by atoms with Crippen molar-refractivity contribution in [2.75, 3.05) is 17.6 Å². The Morgan fingerprint density at radius 2 is 1.94 bits per heavy atom. The SMILES string of the molecule is COc1ncc(-c2ccc3nc(N)c(C(=O)O)cc3c2)cc1NS(=O)(=O)c1cccnc1. The molecule has 4 N–H and O–H groups in total. The quantitative estimate of drug-likeness (QED) is 0.401. The number of nitrogens with two attached hydrogens (primary N) is 1. The van der Waals surface area contributed by atoms with E-state index in [4.69, 9.17) is 10.5 Å². The van der Waals surface area contributed by atoms with Crippen molar-refractivity contribution in [2.45, 2.75) is 4.90 Å². The Kier molecular flexibility index (Phi) is 5.33. The van der Waals surface area contributed by atoms with Crippen LogP contribution in [0.5, 0.6) is 5.88 Å². The zero-order chi connectivity index (χ0) is 22.9. The number of hydrogen-bond donors (Lipinski definition) is 3. The van der Waals surface area contributed by atoms with Crippen LogP contribution in [0.15, 0.2) is 66.0 Å². The lowest BCUT2D eigenvalue weighted by atomic mass is 10.0. The van der Waals surface area contributed by atoms with Gasteiger partial charge in [-0.3, -0.25) is 9.71 Å². The Balaban J connectivity index is 1.77. The third-order valence-electron chi connectivity index (χ3n) is 4.64. The Labute approximate surface area is 182 Å². The van der Waals surface area contributed by atoms with Gasteiger partial charge in [0.25, 0.3) is 10.0 Å². The zero-order valence-electron chi connectivity index (χ0n) is 16.7. The minimum Gasteiger partial charge on any atom is -0.480 e. The van der Waals surface area contributed by atoms with Crippen LogP contribution in [0.2, 0.25) is 0 Å². The molecule has 1 aromatic carbocycles. The number of carboxylic acids is 1. The highest BCUT2D eigenvalue weighted by molar-refractivity contribution is 7.92. The summed E-state index contributed by atoms with van der Waals surface area (Å²) in [7, 11) is -2.54. The van der Waals surface area contributed by atoms with Gasteiger partial charge in [-0.2, -0.15) is 0 Å². The average Bonchev–Trinajstić information content (AvgIpc) is 2.78. The molecule has 162 valence electrons. The molecule has 0 saturated carbocycles. The summed E-state index contributed by atoms with van der Waals surface area (Å²) in [6.45, 7) is 0. The van der Waals surface area contributed by atoms with Gasteiger partial charge in [-0.1, -0.05) is 6.07 Å². The number of carbonyl (C=O) groups is 1. The van der Waals surface area contributed by atoms with Crippen LogP contribution in [0.1, 0.15) is 10.4 Å². The normalized spacial score (nSPS) is 11.3. The van der Waals surface area contributed by atoms with Crippen LogP contribution < -0.4 is 15.2 Å². The molecule has 32 heavy (non-hydrogen) atoms. The number of benzene rings is 1. The van der Waals surface area contributed by atoms with Crippen molar-refractivity contribution in [3.63, 3.8) is 0 Å². The van der Waals surface area contributed by atoms with Crippen molar-refractivity contribution in [3.05, 3.63) is 66.6 Å². The summed E-state index contributed by atoms with van der Waals surface area (Å²) >= 11 is 0. The molecule has 0 aliphatic heterocycles. The summed E-state index contributed by atoms with van der Waals surface area (Å²) in [4.78, 5) is 23.5. The molecule has 0 amide bonds. The molecule has 4 aromatic rings. The Bertz CT molecular complexity index is 1440. The number of nitrogens with one attached hydrogen (secondary N) is 1. The fourth-order valence-corrected chi connectivity index (χ4v) is 4.11. The summed E-state index contributed by atoms with van der Waals surface area (Å²) in [5.74, 6) is -1.17. The van der Waals surface area contributed by atoms with E-state index in [-0.39, 0.29) is 27.8 Å². The first-order valence-corrected chi connectivity index (χ1v) is 10.7. The molecule has 4 rings (SSSR count). The van der Waals surface area contributed by atoms with E-state index in [0.29, 0.717) is 22.0 Å². The predicted octanol–water partition coefficient (Wildman–Crippen LogP) is 2.78. The number of carboxylic acid groups (broad SMARTS) is 1. The number of pyridine rings is 3. The van der Waals surface area contributed by atoms with Crippen LogP contribution in [0.4, 0.5) is 11.5 Å². The molecular weight excluding hydrogens is 434 g/mol. The predicted molar refractivity (Wildman–Crippen MR) is 118 cm³/mol. The molecule has 0 aliphatic rings. The standard InChI is InChI=1S/C21H17N5O5S/c1-31-20-18(26-32(29,30)15-3-2-6-23-11-15)9-14(10-24-20)12-4-5-17-13(7-12)8-16(21(27)28)19(22)25-17/h2-11,26H,1H3,(H2,22,25)(H,27,28). The van der Waals surface area contributed by atoms with Crippen LogP contribution in [0, 0.1) is 0 Å². The molecule has 0 spiro atoms. The number of rotatable bonds is 6. The van der Waals surface area contributed by atoms with Gasteiger partial charge in [-0.25, -0.2) is 23.2 Å². The summed E-state index contributed by atoms with van der Waals surface area (Å²) in [5, 5.41) is 9.85. The highest BCUT2D eigenvalue weighted by atomic mass is 32.2. The van der Waals surface area contributed by atoms with Gasteiger partial charge < -0.3 is 15.6 Å². The average molecular weight is 451 g/mol. The van der Waals surface area contributed by atoms with Gasteiger partial charge in [-0.15, -0.1) is 0 Å². The molecule has 10 nitrogen and oxygen atoms in total. The van der Waals surface area contributed by atoms with E-state index in [0.717, 1.165) is 0 Å². The first-order chi connectivity index (χ1) is 15.3. The molecule has 0 aliphatic carbocycles. The smallest absolute Gasteiger partial charge is 0.339 e. The lowest BCUT2D eigenvalue weighted by Gasteiger charge is -2.13. The van der Waals surface area contributed by atoms with Crippen LogP contribution in [0.3, 0.4) is 0 Å². The summed E-state index contributed by atoms with van der Waals surface area (Å²) in [5.41, 5.74) is 7.50. The molecule has 0 saturated heterocycles. The fraction of sp³-hybridized carbons (Fsp3) is 0.0476. The van der Waals surface area contributed by atoms with Gasteiger partial charge in [0, 0.05) is 29.5 Å². The number of ether oxygens (including phenoxy) is 1. The number of nitrogens with zero attached hydrogens (tertiary/aromatic N) is 3. The van der Waals surface area contributed by atoms with Gasteiger partial charge in [-0.05, 0) is 42.0 Å². The second-order valence-corrected chi connectivity index (χ2v) is 8.39. The van der Waals surface area contributed by atoms with E-state index in [1.165, 1.54) is 43.9 Å². The zero-order valence-corrected chi connectivity index (χ0v) is 17.5. The first-order valence-electron chi connectivity index (χ1n) is 9.19. The minimum atomic E-state index is -3.92. The van der Waals surface area contributed by atoms with Gasteiger partial charge in [0.05, 0.1) is 12.6 Å². The highest BCUT2D eigenvalue weighted by Crippen LogP contribution is 2.31. The lowest BCUT2D eigenvalue weighted by molar-refractivity contribution is 0.0698. The number of methoxy groups -OCH3 is 1. The lowest BCUT2D eigenvalue weighted by Crippen LogP contribution is -2.14. The molecule has 0 atom stereocenters. The van der Waals surface area contributed by atoms with Gasteiger partial charge in [0.2, 0.25) is 5.88 Å². The minimum absolute atomic E-state index is 0.0111. The molecule has 3 heterocycles. The van der Waals surface area contributed by atoms with E-state index in [2.05, 4.69) is 19.7 Å². The number of anilines is 2. The van der Waals surface area contributed by atoms with E-state index in [1.54, 1.807) is 24.3 Å². The molecule has 3 aromatic heterocycles. The van der Waals surface area contributed by atoms with E-state index < -0.39 is 16.0 Å². The maximum Gasteiger partial charge on any atom is 0.339 e. The molecule has 11 heteroatoms. The molecule has 0 radical (unpaired) electrons. The molecular formula is C21H17N5O5S. The Morgan fingerprint density at radius 3 is 2.62 bits per heavy atom. The summed E-state index contributed by atoms with van der Waals surface area (Å²) < 4.78 is 33.1. The highest BCUT2D eigenvalue weighted by Gasteiger charge is 2.18. The van der Waals surface area contributed by atoms with Crippen molar-refractivity contribution in [2.24, 2.45) is 0 Å². The Hall–Kier alpha value is -4.25. The van der Waals surface area contributed by atoms with Gasteiger partial charge >= 0.3 is 5.97 Å². The molecule has 0 unspecified atom stereocenters. The number of hydrogen-bond acceptors (Lipinski definition) is 8. The number of aromatic carboxylic acids is 1. The molecule has 0 bridgehead atoms. The van der Waals surface area contributed by atoms with E-state index in [9.17, 15) is 18.3 Å². The van der Waals surface area contributed by atoms with Crippen LogP contribution >= 0.6 is 0 Å². The number of nitrogen functional groups attached to an aromatic ring is 1. The van der Waals surface area contributed by atoms with E-state index in [1.807, 2.05) is 0 Å². The second kappa shape index (κ2) is 8.12. The number of aromatic nitrogens is 3. The van der Waals surface area contributed by atoms with Gasteiger partial charge in [0.1, 0.15) is 22.0 Å². The largest absolute Gasteiger partial charge is 0.480 e. The number of fused-ring (bicyclic) bond motifs is 1. The van der Waals surface area contributed by atoms with Crippen molar-refractivity contribution in [3.8, 4) is 17.0 Å². The summed E-state index contributed by atoms with van der Waals surface area (Å²) in [6, 6.07) is 11.1. The Morgan fingerprint density at radius 1 is 1.12 bits per heavy atom. The van der Waals surface area contributed by atoms with Crippen molar-refractivity contribution < 1.29 is 23.1 Å². The molecule has 0 fully saturated rings. The van der Waals surface area contributed by atoms with Crippen molar-refractivity contribution in [1.82, 2.24) is 15.0 Å². The third kappa shape index (κ3) is 4.01. The number of sulfonamides is 1. The maximum atomic E-state index is 12.7.